The molecule has 0 aliphatic carbocycles. The number of nitrogens with zero attached hydrogens (tertiary/aromatic N) is 4. The van der Waals surface area contributed by atoms with Crippen LogP contribution in [0.3, 0.4) is 0 Å². The molecule has 1 saturated heterocycles. The third-order valence-electron chi connectivity index (χ3n) is 6.90. The van der Waals surface area contributed by atoms with Crippen molar-refractivity contribution in [1.29, 1.82) is 0 Å². The summed E-state index contributed by atoms with van der Waals surface area (Å²) in [6.07, 6.45) is 0.642. The quantitative estimate of drug-likeness (QED) is 0.211. The molecule has 3 heterocycles. The van der Waals surface area contributed by atoms with Gasteiger partial charge in [0.15, 0.2) is 6.17 Å². The van der Waals surface area contributed by atoms with Crippen LogP contribution in [0.15, 0.2) is 75.9 Å². The number of aliphatic imine (C=N–C) groups is 2. The van der Waals surface area contributed by atoms with Gasteiger partial charge in [-0.3, -0.25) is 29.2 Å². The second-order valence-corrected chi connectivity index (χ2v) is 11.2. The molecule has 4 amide bonds. The second-order valence-electron chi connectivity index (χ2n) is 10.1. The predicted octanol–water partition coefficient (Wildman–Crippen LogP) is 2.08. The summed E-state index contributed by atoms with van der Waals surface area (Å²) in [4.78, 5) is 75.8. The summed E-state index contributed by atoms with van der Waals surface area (Å²) in [5.41, 5.74) is 1.66. The number of carboxylic acids is 1. The largest absolute Gasteiger partial charge is 0.477 e. The molecule has 3 N–H and O–H groups in total. The third kappa shape index (κ3) is 7.12. The SMILES string of the molecule is CC(=O)OCC1=C(C(=O)O)N2C(=O)C(NC(=O)Cc3cccc(NC(=O)N4CC(N=Cc5ccccc5)N=C4OF)c3)[C@@H]2SC1. The number of carboxylic acid groups (broad SMARTS) is 1. The van der Waals surface area contributed by atoms with E-state index in [-0.39, 0.29) is 36.6 Å². The van der Waals surface area contributed by atoms with Gasteiger partial charge in [0, 0.05) is 34.7 Å². The number of carbonyl (C=O) groups excluding carboxylic acids is 4. The first-order valence-corrected chi connectivity index (χ1v) is 14.6. The van der Waals surface area contributed by atoms with Crippen LogP contribution in [0.4, 0.5) is 15.0 Å². The number of urea groups is 1. The molecule has 2 aromatic rings. The lowest BCUT2D eigenvalue weighted by Crippen LogP contribution is -2.70. The zero-order chi connectivity index (χ0) is 32.1. The lowest BCUT2D eigenvalue weighted by atomic mass is 10.0. The van der Waals surface area contributed by atoms with E-state index in [1.165, 1.54) is 18.7 Å². The van der Waals surface area contributed by atoms with E-state index in [4.69, 9.17) is 4.74 Å². The molecule has 3 aliphatic rings. The Balaban J connectivity index is 1.16. The van der Waals surface area contributed by atoms with Gasteiger partial charge in [-0.05, 0) is 23.3 Å². The highest BCUT2D eigenvalue weighted by molar-refractivity contribution is 8.00. The summed E-state index contributed by atoms with van der Waals surface area (Å²) in [6, 6.07) is 13.4. The van der Waals surface area contributed by atoms with Crippen molar-refractivity contribution in [1.82, 2.24) is 15.1 Å². The van der Waals surface area contributed by atoms with Crippen LogP contribution in [0.25, 0.3) is 0 Å². The number of amidine groups is 1. The number of ether oxygens (including phenoxy) is 1. The van der Waals surface area contributed by atoms with Gasteiger partial charge in [-0.15, -0.1) is 11.8 Å². The number of hydrogen-bond donors (Lipinski definition) is 3. The number of carbonyl (C=O) groups is 5. The van der Waals surface area contributed by atoms with Crippen molar-refractivity contribution in [3.05, 3.63) is 77.0 Å². The van der Waals surface area contributed by atoms with Crippen molar-refractivity contribution in [3.63, 3.8) is 0 Å². The number of fused-ring (bicyclic) bond motifs is 1. The third-order valence-corrected chi connectivity index (χ3v) is 8.24. The summed E-state index contributed by atoms with van der Waals surface area (Å²) in [6.45, 7) is 0.883. The molecule has 3 atom stereocenters. The van der Waals surface area contributed by atoms with Gasteiger partial charge in [0.05, 0.1) is 13.0 Å². The Morgan fingerprint density at radius 1 is 1.18 bits per heavy atom. The minimum absolute atomic E-state index is 0.0633. The van der Waals surface area contributed by atoms with Crippen molar-refractivity contribution in [2.75, 3.05) is 24.2 Å². The van der Waals surface area contributed by atoms with Crippen LogP contribution >= 0.6 is 11.8 Å². The molecule has 234 valence electrons. The van der Waals surface area contributed by atoms with E-state index in [9.17, 15) is 33.6 Å². The molecule has 3 aliphatic heterocycles. The maximum Gasteiger partial charge on any atom is 0.352 e. The summed E-state index contributed by atoms with van der Waals surface area (Å²) in [7, 11) is 0. The normalized spacial score (nSPS) is 20.7. The van der Waals surface area contributed by atoms with Crippen molar-refractivity contribution >= 4 is 59.5 Å². The van der Waals surface area contributed by atoms with Gasteiger partial charge < -0.3 is 20.5 Å². The molecule has 5 rings (SSSR count). The number of esters is 1. The fourth-order valence-electron chi connectivity index (χ4n) is 4.85. The van der Waals surface area contributed by atoms with E-state index in [1.807, 2.05) is 30.3 Å². The van der Waals surface area contributed by atoms with E-state index < -0.39 is 53.4 Å². The number of rotatable bonds is 9. The molecule has 1 fully saturated rings. The van der Waals surface area contributed by atoms with E-state index in [1.54, 1.807) is 30.5 Å². The highest BCUT2D eigenvalue weighted by Crippen LogP contribution is 2.40. The van der Waals surface area contributed by atoms with Crippen LogP contribution in [0.5, 0.6) is 0 Å². The molecule has 14 nitrogen and oxygen atoms in total. The lowest BCUT2D eigenvalue weighted by Gasteiger charge is -2.49. The predicted molar refractivity (Wildman–Crippen MR) is 160 cm³/mol. The first-order valence-electron chi connectivity index (χ1n) is 13.6. The molecule has 2 unspecified atom stereocenters. The minimum Gasteiger partial charge on any atom is -0.477 e. The van der Waals surface area contributed by atoms with Crippen LogP contribution in [0.2, 0.25) is 0 Å². The number of anilines is 1. The molecule has 0 aromatic heterocycles. The highest BCUT2D eigenvalue weighted by atomic mass is 32.2. The van der Waals surface area contributed by atoms with Crippen molar-refractivity contribution in [2.24, 2.45) is 9.98 Å². The number of nitrogens with one attached hydrogen (secondary N) is 2. The van der Waals surface area contributed by atoms with Crippen LogP contribution < -0.4 is 10.6 Å². The molecule has 0 saturated carbocycles. The maximum atomic E-state index is 13.2. The van der Waals surface area contributed by atoms with Gasteiger partial charge in [0.2, 0.25) is 5.91 Å². The van der Waals surface area contributed by atoms with E-state index in [0.29, 0.717) is 11.3 Å². The first kappa shape index (κ1) is 31.2. The van der Waals surface area contributed by atoms with Crippen LogP contribution in [0.1, 0.15) is 18.1 Å². The Hall–Kier alpha value is -5.25. The number of hydrogen-bond acceptors (Lipinski definition) is 10. The van der Waals surface area contributed by atoms with Gasteiger partial charge >= 0.3 is 24.0 Å². The summed E-state index contributed by atoms with van der Waals surface area (Å²) in [5, 5.41) is 14.3. The summed E-state index contributed by atoms with van der Waals surface area (Å²) >= 11 is 1.25. The number of thioether (sulfide) groups is 1. The van der Waals surface area contributed by atoms with Gasteiger partial charge in [0.25, 0.3) is 5.91 Å². The Morgan fingerprint density at radius 2 is 1.96 bits per heavy atom. The maximum absolute atomic E-state index is 13.2. The average molecular weight is 639 g/mol. The summed E-state index contributed by atoms with van der Waals surface area (Å²) < 4.78 is 18.1. The summed E-state index contributed by atoms with van der Waals surface area (Å²) in [5.74, 6) is -2.80. The fourth-order valence-corrected chi connectivity index (χ4v) is 6.17. The Labute approximate surface area is 259 Å². The number of aliphatic carboxylic acids is 1. The topological polar surface area (TPSA) is 179 Å². The van der Waals surface area contributed by atoms with E-state index in [0.717, 1.165) is 15.4 Å². The van der Waals surface area contributed by atoms with Crippen molar-refractivity contribution in [3.8, 4) is 0 Å². The number of benzene rings is 2. The number of β-lactam (4-membered cyclic amide) rings is 1. The molecule has 45 heavy (non-hydrogen) atoms. The van der Waals surface area contributed by atoms with Crippen molar-refractivity contribution in [2.45, 2.75) is 30.9 Å². The molecule has 0 radical (unpaired) electrons. The first-order chi connectivity index (χ1) is 21.6. The fraction of sp³-hybridized carbons (Fsp3) is 0.276. The standard InChI is InChI=1S/C29H27FN6O8S/c1-16(37)43-14-19-15-45-26-23(25(39)36(26)24(19)27(40)41)34-22(38)11-18-8-5-9-20(10-18)32-28(42)35-13-21(33-29(35)44-30)31-12-17-6-3-2-4-7-17/h2-10,12,21,23,26H,11,13-15H2,1H3,(H,32,42)(H,34,38)(H,40,41)/t21?,23?,26-/m0/s1. The van der Waals surface area contributed by atoms with Crippen LogP contribution in [0, 0.1) is 0 Å². The second kappa shape index (κ2) is 13.6. The molecule has 0 bridgehead atoms. The smallest absolute Gasteiger partial charge is 0.352 e. The van der Waals surface area contributed by atoms with Crippen LogP contribution in [-0.2, 0) is 35.3 Å². The van der Waals surface area contributed by atoms with Gasteiger partial charge in [-0.25, -0.2) is 19.5 Å². The van der Waals surface area contributed by atoms with Gasteiger partial charge in [-0.1, -0.05) is 42.5 Å². The van der Waals surface area contributed by atoms with Crippen molar-refractivity contribution < 1.29 is 43.3 Å². The monoisotopic (exact) mass is 638 g/mol. The van der Waals surface area contributed by atoms with E-state index in [2.05, 4.69) is 25.6 Å². The molecule has 16 heteroatoms. The Morgan fingerprint density at radius 3 is 2.67 bits per heavy atom. The van der Waals surface area contributed by atoms with E-state index >= 15 is 0 Å². The minimum atomic E-state index is -1.33. The number of amides is 4. The zero-order valence-corrected chi connectivity index (χ0v) is 24.5. The highest BCUT2D eigenvalue weighted by Gasteiger charge is 2.54. The average Bonchev–Trinajstić information content (AvgIpc) is 3.45. The van der Waals surface area contributed by atoms with Gasteiger partial charge in [-0.2, -0.15) is 0 Å². The lowest BCUT2D eigenvalue weighted by molar-refractivity contribution is -0.151. The zero-order valence-electron chi connectivity index (χ0n) is 23.7. The van der Waals surface area contributed by atoms with Gasteiger partial charge in [0.1, 0.15) is 23.7 Å². The molecular weight excluding hydrogens is 611 g/mol. The Bertz CT molecular complexity index is 1620. The molecular formula is C29H27FN6O8S. The Kier molecular flexibility index (Phi) is 9.42. The molecule has 2 aromatic carbocycles. The van der Waals surface area contributed by atoms with Crippen LogP contribution in [-0.4, -0.2) is 93.4 Å². The number of halogens is 1. The molecule has 0 spiro atoms.